The third-order valence-electron chi connectivity index (χ3n) is 3.18. The van der Waals surface area contributed by atoms with Crippen LogP contribution in [0.15, 0.2) is 24.3 Å². The standard InChI is InChI=1S/C13H17BrFN/c14-6-4-11-5-7-16(9-11)10-12-2-1-3-13(15)8-12/h1-3,8,11H,4-7,9-10H2. The van der Waals surface area contributed by atoms with E-state index in [9.17, 15) is 4.39 Å². The van der Waals surface area contributed by atoms with E-state index in [1.54, 1.807) is 12.1 Å². The van der Waals surface area contributed by atoms with E-state index < -0.39 is 0 Å². The van der Waals surface area contributed by atoms with Crippen molar-refractivity contribution in [2.24, 2.45) is 5.92 Å². The highest BCUT2D eigenvalue weighted by atomic mass is 79.9. The van der Waals surface area contributed by atoms with Crippen molar-refractivity contribution in [3.63, 3.8) is 0 Å². The van der Waals surface area contributed by atoms with Crippen molar-refractivity contribution in [3.8, 4) is 0 Å². The van der Waals surface area contributed by atoms with Crippen molar-refractivity contribution in [2.45, 2.75) is 19.4 Å². The molecule has 16 heavy (non-hydrogen) atoms. The molecule has 88 valence electrons. The first-order chi connectivity index (χ1) is 7.78. The Morgan fingerprint density at radius 1 is 1.44 bits per heavy atom. The van der Waals surface area contributed by atoms with Gasteiger partial charge in [-0.2, -0.15) is 0 Å². The maximum atomic E-state index is 13.0. The zero-order valence-corrected chi connectivity index (χ0v) is 10.9. The third kappa shape index (κ3) is 3.29. The summed E-state index contributed by atoms with van der Waals surface area (Å²) in [4.78, 5) is 2.42. The monoisotopic (exact) mass is 285 g/mol. The summed E-state index contributed by atoms with van der Waals surface area (Å²) >= 11 is 3.49. The number of rotatable bonds is 4. The summed E-state index contributed by atoms with van der Waals surface area (Å²) in [5, 5.41) is 1.09. The first-order valence-electron chi connectivity index (χ1n) is 5.80. The highest BCUT2D eigenvalue weighted by Crippen LogP contribution is 2.22. The van der Waals surface area contributed by atoms with Gasteiger partial charge >= 0.3 is 0 Å². The number of benzene rings is 1. The minimum Gasteiger partial charge on any atom is -0.299 e. The average Bonchev–Trinajstić information content (AvgIpc) is 2.66. The van der Waals surface area contributed by atoms with E-state index in [1.807, 2.05) is 6.07 Å². The van der Waals surface area contributed by atoms with Gasteiger partial charge in [0.05, 0.1) is 0 Å². The maximum Gasteiger partial charge on any atom is 0.123 e. The van der Waals surface area contributed by atoms with Crippen LogP contribution in [0.5, 0.6) is 0 Å². The molecule has 1 unspecified atom stereocenters. The SMILES string of the molecule is Fc1cccc(CN2CCC(CCBr)C2)c1. The molecule has 0 aliphatic carbocycles. The smallest absolute Gasteiger partial charge is 0.123 e. The normalized spacial score (nSPS) is 21.5. The predicted molar refractivity (Wildman–Crippen MR) is 68.2 cm³/mol. The van der Waals surface area contributed by atoms with Crippen LogP contribution in [0.4, 0.5) is 4.39 Å². The van der Waals surface area contributed by atoms with Gasteiger partial charge in [-0.15, -0.1) is 0 Å². The van der Waals surface area contributed by atoms with Gasteiger partial charge in [-0.3, -0.25) is 4.90 Å². The van der Waals surface area contributed by atoms with Crippen molar-refractivity contribution < 1.29 is 4.39 Å². The molecular weight excluding hydrogens is 269 g/mol. The van der Waals surface area contributed by atoms with E-state index in [2.05, 4.69) is 20.8 Å². The van der Waals surface area contributed by atoms with Crippen molar-refractivity contribution in [2.75, 3.05) is 18.4 Å². The van der Waals surface area contributed by atoms with Crippen LogP contribution in [0.2, 0.25) is 0 Å². The second kappa shape index (κ2) is 5.78. The van der Waals surface area contributed by atoms with Crippen LogP contribution in [0.1, 0.15) is 18.4 Å². The second-order valence-electron chi connectivity index (χ2n) is 4.50. The van der Waals surface area contributed by atoms with Crippen molar-refractivity contribution in [3.05, 3.63) is 35.6 Å². The Hall–Kier alpha value is -0.410. The molecule has 1 nitrogen and oxygen atoms in total. The highest BCUT2D eigenvalue weighted by Gasteiger charge is 2.21. The maximum absolute atomic E-state index is 13.0. The lowest BCUT2D eigenvalue weighted by Crippen LogP contribution is -2.20. The van der Waals surface area contributed by atoms with Crippen LogP contribution < -0.4 is 0 Å². The Morgan fingerprint density at radius 2 is 2.31 bits per heavy atom. The number of halogens is 2. The van der Waals surface area contributed by atoms with E-state index in [-0.39, 0.29) is 5.82 Å². The number of alkyl halides is 1. The van der Waals surface area contributed by atoms with Gasteiger partial charge in [0, 0.05) is 18.4 Å². The zero-order valence-electron chi connectivity index (χ0n) is 9.33. The molecule has 1 fully saturated rings. The van der Waals surface area contributed by atoms with Gasteiger partial charge in [-0.25, -0.2) is 4.39 Å². The molecule has 2 rings (SSSR count). The summed E-state index contributed by atoms with van der Waals surface area (Å²) in [5.41, 5.74) is 1.08. The molecule has 0 spiro atoms. The lowest BCUT2D eigenvalue weighted by molar-refractivity contribution is 0.315. The molecule has 1 aliphatic rings. The fourth-order valence-corrected chi connectivity index (χ4v) is 2.99. The summed E-state index contributed by atoms with van der Waals surface area (Å²) in [6.07, 6.45) is 2.53. The van der Waals surface area contributed by atoms with Gasteiger partial charge in [0.15, 0.2) is 0 Å². The molecule has 0 aromatic heterocycles. The number of nitrogens with zero attached hydrogens (tertiary/aromatic N) is 1. The fraction of sp³-hybridized carbons (Fsp3) is 0.538. The van der Waals surface area contributed by atoms with E-state index in [0.717, 1.165) is 36.4 Å². The van der Waals surface area contributed by atoms with Crippen molar-refractivity contribution in [1.82, 2.24) is 4.90 Å². The van der Waals surface area contributed by atoms with Gasteiger partial charge in [-0.1, -0.05) is 28.1 Å². The molecule has 1 aromatic carbocycles. The Labute approximate surface area is 105 Å². The van der Waals surface area contributed by atoms with Crippen LogP contribution >= 0.6 is 15.9 Å². The third-order valence-corrected chi connectivity index (χ3v) is 3.64. The summed E-state index contributed by atoms with van der Waals surface area (Å²) < 4.78 is 13.0. The van der Waals surface area contributed by atoms with E-state index in [4.69, 9.17) is 0 Å². The largest absolute Gasteiger partial charge is 0.299 e. The molecule has 0 saturated carbocycles. The van der Waals surface area contributed by atoms with E-state index >= 15 is 0 Å². The first-order valence-corrected chi connectivity index (χ1v) is 6.93. The van der Waals surface area contributed by atoms with Crippen LogP contribution in [0.3, 0.4) is 0 Å². The molecule has 1 aromatic rings. The number of hydrogen-bond donors (Lipinski definition) is 0. The molecule has 0 radical (unpaired) electrons. The predicted octanol–water partition coefficient (Wildman–Crippen LogP) is 3.43. The van der Waals surface area contributed by atoms with Crippen LogP contribution in [0, 0.1) is 11.7 Å². The molecule has 0 N–H and O–H groups in total. The minimum absolute atomic E-state index is 0.131. The summed E-state index contributed by atoms with van der Waals surface area (Å²) in [7, 11) is 0. The Balaban J connectivity index is 1.87. The molecule has 0 amide bonds. The summed E-state index contributed by atoms with van der Waals surface area (Å²) in [5.74, 6) is 0.682. The summed E-state index contributed by atoms with van der Waals surface area (Å²) in [6, 6.07) is 6.93. The molecule has 1 heterocycles. The van der Waals surface area contributed by atoms with Gasteiger partial charge in [-0.05, 0) is 43.0 Å². The van der Waals surface area contributed by atoms with Crippen molar-refractivity contribution in [1.29, 1.82) is 0 Å². The Kier molecular flexibility index (Phi) is 4.36. The number of hydrogen-bond acceptors (Lipinski definition) is 1. The molecular formula is C13H17BrFN. The zero-order chi connectivity index (χ0) is 11.4. The van der Waals surface area contributed by atoms with E-state index in [1.165, 1.54) is 18.9 Å². The quantitative estimate of drug-likeness (QED) is 0.766. The summed E-state index contributed by atoms with van der Waals surface area (Å²) in [6.45, 7) is 3.19. The minimum atomic E-state index is -0.131. The Morgan fingerprint density at radius 3 is 3.06 bits per heavy atom. The fourth-order valence-electron chi connectivity index (χ4n) is 2.34. The molecule has 0 bridgehead atoms. The van der Waals surface area contributed by atoms with E-state index in [0.29, 0.717) is 0 Å². The van der Waals surface area contributed by atoms with Crippen LogP contribution in [-0.4, -0.2) is 23.3 Å². The van der Waals surface area contributed by atoms with Gasteiger partial charge in [0.25, 0.3) is 0 Å². The molecule has 1 atom stereocenters. The van der Waals surface area contributed by atoms with Crippen LogP contribution in [0.25, 0.3) is 0 Å². The molecule has 1 aliphatic heterocycles. The number of likely N-dealkylation sites (tertiary alicyclic amines) is 1. The topological polar surface area (TPSA) is 3.24 Å². The average molecular weight is 286 g/mol. The molecule has 1 saturated heterocycles. The van der Waals surface area contributed by atoms with Crippen LogP contribution in [-0.2, 0) is 6.54 Å². The van der Waals surface area contributed by atoms with Gasteiger partial charge < -0.3 is 0 Å². The first kappa shape index (κ1) is 12.1. The lowest BCUT2D eigenvalue weighted by Gasteiger charge is -2.15. The highest BCUT2D eigenvalue weighted by molar-refractivity contribution is 9.09. The molecule has 3 heteroatoms. The van der Waals surface area contributed by atoms with Crippen molar-refractivity contribution >= 4 is 15.9 Å². The Bertz CT molecular complexity index is 342. The second-order valence-corrected chi connectivity index (χ2v) is 5.29. The lowest BCUT2D eigenvalue weighted by atomic mass is 10.1. The van der Waals surface area contributed by atoms with Gasteiger partial charge in [0.1, 0.15) is 5.82 Å². The van der Waals surface area contributed by atoms with Gasteiger partial charge in [0.2, 0.25) is 0 Å².